The molecule has 3 aromatic carbocycles. The van der Waals surface area contributed by atoms with E-state index in [1.165, 1.54) is 27.8 Å². The second kappa shape index (κ2) is 12.5. The van der Waals surface area contributed by atoms with Crippen molar-refractivity contribution in [3.63, 3.8) is 0 Å². The molecule has 0 unspecified atom stereocenters. The third-order valence-electron chi connectivity index (χ3n) is 3.79. The van der Waals surface area contributed by atoms with Gasteiger partial charge in [-0.05, 0) is 29.8 Å². The summed E-state index contributed by atoms with van der Waals surface area (Å²) in [4.78, 5) is 0. The lowest BCUT2D eigenvalue weighted by molar-refractivity contribution is 1.13. The lowest BCUT2D eigenvalue weighted by Gasteiger charge is -2.11. The van der Waals surface area contributed by atoms with E-state index in [1.807, 2.05) is 41.5 Å². The molecule has 1 heteroatoms. The van der Waals surface area contributed by atoms with E-state index in [1.54, 1.807) is 0 Å². The summed E-state index contributed by atoms with van der Waals surface area (Å²) in [5, 5.41) is 1.26. The third kappa shape index (κ3) is 5.34. The van der Waals surface area contributed by atoms with E-state index in [9.17, 15) is 0 Å². The van der Waals surface area contributed by atoms with Crippen LogP contribution in [0.4, 0.5) is 0 Å². The number of nitrogens with zero attached hydrogens (tertiary/aromatic N) is 1. The highest BCUT2D eigenvalue weighted by Crippen LogP contribution is 2.31. The van der Waals surface area contributed by atoms with Crippen LogP contribution in [-0.4, -0.2) is 4.57 Å². The molecule has 0 atom stereocenters. The van der Waals surface area contributed by atoms with Crippen molar-refractivity contribution >= 4 is 10.9 Å². The molecule has 27 heavy (non-hydrogen) atoms. The van der Waals surface area contributed by atoms with Crippen molar-refractivity contribution in [1.82, 2.24) is 4.57 Å². The lowest BCUT2D eigenvalue weighted by Crippen LogP contribution is -1.95. The molecule has 0 fully saturated rings. The van der Waals surface area contributed by atoms with Crippen LogP contribution in [0.25, 0.3) is 27.8 Å². The first-order valence-corrected chi connectivity index (χ1v) is 10.1. The standard InChI is InChI=1S/C20H15N.3C2H6/c1-3-9-16(10-4-1)20-15-17-11-7-8-14-19(17)21(20)18-12-5-2-6-13-18;3*1-2/h1-15H;3*1-2H3. The van der Waals surface area contributed by atoms with Gasteiger partial charge in [-0.2, -0.15) is 0 Å². The molecule has 0 aliphatic carbocycles. The first-order chi connectivity index (χ1) is 13.4. The van der Waals surface area contributed by atoms with E-state index in [0.717, 1.165) is 0 Å². The smallest absolute Gasteiger partial charge is 0.0540 e. The van der Waals surface area contributed by atoms with Gasteiger partial charge >= 0.3 is 0 Å². The summed E-state index contributed by atoms with van der Waals surface area (Å²) >= 11 is 0. The van der Waals surface area contributed by atoms with E-state index >= 15 is 0 Å². The summed E-state index contributed by atoms with van der Waals surface area (Å²) in [6.07, 6.45) is 0. The van der Waals surface area contributed by atoms with Gasteiger partial charge in [0, 0.05) is 11.1 Å². The number of hydrogen-bond donors (Lipinski definition) is 0. The fourth-order valence-corrected chi connectivity index (χ4v) is 2.83. The highest BCUT2D eigenvalue weighted by molar-refractivity contribution is 5.89. The third-order valence-corrected chi connectivity index (χ3v) is 3.79. The van der Waals surface area contributed by atoms with Crippen molar-refractivity contribution in [2.45, 2.75) is 41.5 Å². The Hall–Kier alpha value is -2.80. The predicted octanol–water partition coefficient (Wildman–Crippen LogP) is 8.38. The Morgan fingerprint density at radius 1 is 0.519 bits per heavy atom. The van der Waals surface area contributed by atoms with Crippen molar-refractivity contribution in [3.05, 3.63) is 91.0 Å². The molecule has 0 aliphatic rings. The number of rotatable bonds is 2. The summed E-state index contributed by atoms with van der Waals surface area (Å²) in [7, 11) is 0. The quantitative estimate of drug-likeness (QED) is 0.339. The second-order valence-corrected chi connectivity index (χ2v) is 5.13. The minimum absolute atomic E-state index is 1.19. The average molecular weight is 360 g/mol. The van der Waals surface area contributed by atoms with Gasteiger partial charge in [0.05, 0.1) is 11.2 Å². The van der Waals surface area contributed by atoms with Crippen LogP contribution in [0, 0.1) is 0 Å². The normalized spacial score (nSPS) is 9.11. The summed E-state index contributed by atoms with van der Waals surface area (Å²) < 4.78 is 2.32. The Bertz CT molecular complexity index is 874. The van der Waals surface area contributed by atoms with Gasteiger partial charge in [-0.1, -0.05) is 108 Å². The highest BCUT2D eigenvalue weighted by atomic mass is 15.0. The van der Waals surface area contributed by atoms with Crippen LogP contribution in [0.3, 0.4) is 0 Å². The second-order valence-electron chi connectivity index (χ2n) is 5.13. The van der Waals surface area contributed by atoms with Crippen LogP contribution in [0.1, 0.15) is 41.5 Å². The number of para-hydroxylation sites is 2. The molecule has 4 rings (SSSR count). The van der Waals surface area contributed by atoms with E-state index in [4.69, 9.17) is 0 Å². The first-order valence-electron chi connectivity index (χ1n) is 10.1. The Labute approximate surface area is 165 Å². The molecule has 1 heterocycles. The molecule has 0 N–H and O–H groups in total. The van der Waals surface area contributed by atoms with E-state index in [2.05, 4.69) is 95.6 Å². The van der Waals surface area contributed by atoms with Gasteiger partial charge in [-0.3, -0.25) is 0 Å². The lowest BCUT2D eigenvalue weighted by atomic mass is 10.1. The number of aromatic nitrogens is 1. The zero-order chi connectivity index (χ0) is 20.1. The molecule has 0 bridgehead atoms. The molecule has 0 aliphatic heterocycles. The molecular formula is C26H33N. The topological polar surface area (TPSA) is 4.93 Å². The molecule has 1 aromatic heterocycles. The van der Waals surface area contributed by atoms with Crippen molar-refractivity contribution in [1.29, 1.82) is 0 Å². The predicted molar refractivity (Wildman–Crippen MR) is 123 cm³/mol. The molecule has 1 nitrogen and oxygen atoms in total. The van der Waals surface area contributed by atoms with Gasteiger partial charge in [0.2, 0.25) is 0 Å². The number of benzene rings is 3. The van der Waals surface area contributed by atoms with Crippen LogP contribution in [0.5, 0.6) is 0 Å². The zero-order valence-electron chi connectivity index (χ0n) is 17.6. The van der Waals surface area contributed by atoms with Crippen molar-refractivity contribution < 1.29 is 0 Å². The van der Waals surface area contributed by atoms with Crippen LogP contribution in [-0.2, 0) is 0 Å². The summed E-state index contributed by atoms with van der Waals surface area (Å²) in [6.45, 7) is 12.0. The van der Waals surface area contributed by atoms with Crippen LogP contribution >= 0.6 is 0 Å². The van der Waals surface area contributed by atoms with Crippen molar-refractivity contribution in [2.75, 3.05) is 0 Å². The van der Waals surface area contributed by atoms with E-state index in [-0.39, 0.29) is 0 Å². The van der Waals surface area contributed by atoms with Gasteiger partial charge in [0.25, 0.3) is 0 Å². The molecule has 0 spiro atoms. The SMILES string of the molecule is CC.CC.CC.c1ccc(-c2cc3ccccc3n2-c2ccccc2)cc1. The van der Waals surface area contributed by atoms with Gasteiger partial charge < -0.3 is 4.57 Å². The van der Waals surface area contributed by atoms with Gasteiger partial charge in [0.15, 0.2) is 0 Å². The molecule has 0 saturated carbocycles. The molecular weight excluding hydrogens is 326 g/mol. The molecule has 4 aromatic rings. The molecule has 0 amide bonds. The average Bonchev–Trinajstić information content (AvgIpc) is 3.19. The Balaban J connectivity index is 0.000000556. The van der Waals surface area contributed by atoms with E-state index < -0.39 is 0 Å². The monoisotopic (exact) mass is 359 g/mol. The fourth-order valence-electron chi connectivity index (χ4n) is 2.83. The minimum Gasteiger partial charge on any atom is -0.309 e. The fraction of sp³-hybridized carbons (Fsp3) is 0.231. The van der Waals surface area contributed by atoms with Gasteiger partial charge in [0.1, 0.15) is 0 Å². The van der Waals surface area contributed by atoms with Crippen LogP contribution in [0.2, 0.25) is 0 Å². The first kappa shape index (κ1) is 22.2. The van der Waals surface area contributed by atoms with Gasteiger partial charge in [-0.25, -0.2) is 0 Å². The van der Waals surface area contributed by atoms with Crippen LogP contribution < -0.4 is 0 Å². The largest absolute Gasteiger partial charge is 0.309 e. The van der Waals surface area contributed by atoms with E-state index in [0.29, 0.717) is 0 Å². The maximum atomic E-state index is 2.32. The highest BCUT2D eigenvalue weighted by Gasteiger charge is 2.11. The Morgan fingerprint density at radius 2 is 1.00 bits per heavy atom. The van der Waals surface area contributed by atoms with Gasteiger partial charge in [-0.15, -0.1) is 0 Å². The molecule has 0 saturated heterocycles. The van der Waals surface area contributed by atoms with Crippen LogP contribution in [0.15, 0.2) is 91.0 Å². The summed E-state index contributed by atoms with van der Waals surface area (Å²) in [5.74, 6) is 0. The maximum absolute atomic E-state index is 2.32. The number of hydrogen-bond acceptors (Lipinski definition) is 0. The summed E-state index contributed by atoms with van der Waals surface area (Å²) in [6, 6.07) is 31.9. The molecule has 0 radical (unpaired) electrons. The Morgan fingerprint density at radius 3 is 1.59 bits per heavy atom. The number of fused-ring (bicyclic) bond motifs is 1. The molecule has 142 valence electrons. The Kier molecular flexibility index (Phi) is 10.3. The zero-order valence-corrected chi connectivity index (χ0v) is 17.6. The summed E-state index contributed by atoms with van der Waals surface area (Å²) in [5.41, 5.74) is 4.89. The minimum atomic E-state index is 1.19. The van der Waals surface area contributed by atoms with Crippen molar-refractivity contribution in [2.24, 2.45) is 0 Å². The maximum Gasteiger partial charge on any atom is 0.0540 e. The van der Waals surface area contributed by atoms with Crippen molar-refractivity contribution in [3.8, 4) is 16.9 Å².